The van der Waals surface area contributed by atoms with Crippen molar-refractivity contribution in [2.75, 3.05) is 12.8 Å². The number of carbonyl (C=O) groups is 4. The zero-order chi connectivity index (χ0) is 27.7. The quantitative estimate of drug-likeness (QED) is 0.195. The lowest BCUT2D eigenvalue weighted by atomic mass is 9.60. The van der Waals surface area contributed by atoms with Gasteiger partial charge < -0.3 is 36.6 Å². The first-order valence-electron chi connectivity index (χ1n) is 11.7. The minimum absolute atomic E-state index is 0.00233. The predicted molar refractivity (Wildman–Crippen MR) is 132 cm³/mol. The van der Waals surface area contributed by atoms with Crippen molar-refractivity contribution < 1.29 is 44.3 Å². The van der Waals surface area contributed by atoms with E-state index in [0.717, 1.165) is 0 Å². The first-order chi connectivity index (χ1) is 17.9. The molecule has 11 heteroatoms. The van der Waals surface area contributed by atoms with E-state index in [0.29, 0.717) is 16.7 Å². The van der Waals surface area contributed by atoms with Gasteiger partial charge in [0.2, 0.25) is 5.78 Å². The fourth-order valence-corrected chi connectivity index (χ4v) is 5.93. The SMILES string of the molecule is COC(=O)c1cc(N)cc(-c2ccc(O)c3c2C[C@H]2C[C@H]4CC(O)=C(C(N)=O)C(=O)[C@@]4(O)C(O)=C2C3=O)c1. The van der Waals surface area contributed by atoms with Gasteiger partial charge in [-0.1, -0.05) is 6.07 Å². The van der Waals surface area contributed by atoms with Crippen molar-refractivity contribution in [2.45, 2.75) is 24.9 Å². The van der Waals surface area contributed by atoms with Crippen LogP contribution in [0.15, 0.2) is 53.0 Å². The molecule has 0 unspecified atom stereocenters. The van der Waals surface area contributed by atoms with Crippen LogP contribution < -0.4 is 11.5 Å². The average Bonchev–Trinajstić information content (AvgIpc) is 2.85. The summed E-state index contributed by atoms with van der Waals surface area (Å²) in [7, 11) is 1.23. The van der Waals surface area contributed by atoms with Crippen LogP contribution in [0.5, 0.6) is 5.75 Å². The van der Waals surface area contributed by atoms with Gasteiger partial charge in [-0.25, -0.2) is 4.79 Å². The maximum Gasteiger partial charge on any atom is 0.337 e. The predicted octanol–water partition coefficient (Wildman–Crippen LogP) is 1.62. The fraction of sp³-hybridized carbons (Fsp3) is 0.259. The van der Waals surface area contributed by atoms with Crippen molar-refractivity contribution >= 4 is 29.1 Å². The third kappa shape index (κ3) is 3.39. The Labute approximate surface area is 215 Å². The Morgan fingerprint density at radius 3 is 2.45 bits per heavy atom. The molecule has 0 radical (unpaired) electrons. The van der Waals surface area contributed by atoms with E-state index in [1.54, 1.807) is 12.1 Å². The number of fused-ring (bicyclic) bond motifs is 3. The van der Waals surface area contributed by atoms with Crippen molar-refractivity contribution in [3.05, 3.63) is 69.7 Å². The van der Waals surface area contributed by atoms with Crippen LogP contribution in [0.3, 0.4) is 0 Å². The lowest BCUT2D eigenvalue weighted by Crippen LogP contribution is -2.57. The molecule has 3 aliphatic rings. The van der Waals surface area contributed by atoms with Gasteiger partial charge in [-0.15, -0.1) is 0 Å². The molecule has 0 aromatic heterocycles. The van der Waals surface area contributed by atoms with Crippen molar-refractivity contribution in [2.24, 2.45) is 17.6 Å². The van der Waals surface area contributed by atoms with Gasteiger partial charge in [-0.05, 0) is 59.7 Å². The molecule has 0 bridgehead atoms. The number of Topliss-reactive ketones (excluding diaryl/α,β-unsaturated/α-hetero) is 2. The summed E-state index contributed by atoms with van der Waals surface area (Å²) in [5.41, 5.74) is 9.21. The van der Waals surface area contributed by atoms with Gasteiger partial charge in [0.1, 0.15) is 22.8 Å². The van der Waals surface area contributed by atoms with Crippen LogP contribution in [-0.2, 0) is 20.7 Å². The molecule has 11 nitrogen and oxygen atoms in total. The molecule has 0 saturated carbocycles. The number of amides is 1. The molecule has 2 aromatic carbocycles. The van der Waals surface area contributed by atoms with E-state index in [-0.39, 0.29) is 47.4 Å². The Hall–Kier alpha value is -4.64. The third-order valence-electron chi connectivity index (χ3n) is 7.63. The minimum atomic E-state index is -2.63. The number of ketones is 2. The molecule has 0 heterocycles. The van der Waals surface area contributed by atoms with Gasteiger partial charge in [0.15, 0.2) is 11.4 Å². The maximum absolute atomic E-state index is 13.7. The van der Waals surface area contributed by atoms with Crippen molar-refractivity contribution in [3.8, 4) is 16.9 Å². The summed E-state index contributed by atoms with van der Waals surface area (Å²) in [5, 5.41) is 43.4. The molecule has 3 aliphatic carbocycles. The highest BCUT2D eigenvalue weighted by atomic mass is 16.5. The summed E-state index contributed by atoms with van der Waals surface area (Å²) in [6.45, 7) is 0. The maximum atomic E-state index is 13.7. The number of hydrogen-bond acceptors (Lipinski definition) is 10. The van der Waals surface area contributed by atoms with Gasteiger partial charge in [-0.3, -0.25) is 14.4 Å². The first kappa shape index (κ1) is 25.0. The summed E-state index contributed by atoms with van der Waals surface area (Å²) >= 11 is 0. The molecular weight excluding hydrogens is 496 g/mol. The van der Waals surface area contributed by atoms with Crippen molar-refractivity contribution in [1.82, 2.24) is 0 Å². The van der Waals surface area contributed by atoms with Crippen molar-refractivity contribution in [3.63, 3.8) is 0 Å². The molecule has 5 rings (SSSR count). The summed E-state index contributed by atoms with van der Waals surface area (Å²) < 4.78 is 4.79. The second-order valence-corrected chi connectivity index (χ2v) is 9.73. The molecule has 0 fully saturated rings. The van der Waals surface area contributed by atoms with Gasteiger partial charge in [0.25, 0.3) is 5.91 Å². The Morgan fingerprint density at radius 2 is 1.79 bits per heavy atom. The molecule has 0 aliphatic heterocycles. The number of primary amides is 1. The van der Waals surface area contributed by atoms with Gasteiger partial charge >= 0.3 is 5.97 Å². The number of nitrogen functional groups attached to an aromatic ring is 1. The number of rotatable bonds is 3. The van der Waals surface area contributed by atoms with Crippen LogP contribution in [0.1, 0.15) is 39.1 Å². The van der Waals surface area contributed by atoms with Crippen molar-refractivity contribution in [1.29, 1.82) is 0 Å². The number of ether oxygens (including phenoxy) is 1. The number of phenols is 1. The number of methoxy groups -OCH3 is 1. The Balaban J connectivity index is 1.68. The number of benzene rings is 2. The largest absolute Gasteiger partial charge is 0.511 e. The van der Waals surface area contributed by atoms with E-state index in [4.69, 9.17) is 16.2 Å². The van der Waals surface area contributed by atoms with Crippen LogP contribution in [0.25, 0.3) is 11.1 Å². The lowest BCUT2D eigenvalue weighted by molar-refractivity contribution is -0.144. The zero-order valence-electron chi connectivity index (χ0n) is 20.1. The monoisotopic (exact) mass is 520 g/mol. The molecule has 196 valence electrons. The molecule has 0 saturated heterocycles. The summed E-state index contributed by atoms with van der Waals surface area (Å²) in [6.07, 6.45) is -0.206. The number of nitrogens with two attached hydrogens (primary N) is 2. The topological polar surface area (TPSA) is 210 Å². The minimum Gasteiger partial charge on any atom is -0.511 e. The highest BCUT2D eigenvalue weighted by Gasteiger charge is 2.59. The Morgan fingerprint density at radius 1 is 1.08 bits per heavy atom. The van der Waals surface area contributed by atoms with E-state index in [9.17, 15) is 39.6 Å². The smallest absolute Gasteiger partial charge is 0.337 e. The second-order valence-electron chi connectivity index (χ2n) is 9.73. The van der Waals surface area contributed by atoms with E-state index >= 15 is 0 Å². The van der Waals surface area contributed by atoms with E-state index in [1.807, 2.05) is 0 Å². The van der Waals surface area contributed by atoms with E-state index < -0.39 is 58.0 Å². The molecular formula is C27H24N2O9. The fourth-order valence-electron chi connectivity index (χ4n) is 5.93. The molecule has 3 atom stereocenters. The van der Waals surface area contributed by atoms with E-state index in [1.165, 1.54) is 25.3 Å². The summed E-state index contributed by atoms with van der Waals surface area (Å²) in [6, 6.07) is 7.43. The number of aromatic hydroxyl groups is 1. The number of carbonyl (C=O) groups excluding carboxylic acids is 4. The second kappa shape index (κ2) is 8.45. The van der Waals surface area contributed by atoms with Crippen LogP contribution in [0.2, 0.25) is 0 Å². The van der Waals surface area contributed by atoms with Crippen LogP contribution in [0.4, 0.5) is 5.69 Å². The number of hydrogen-bond donors (Lipinski definition) is 6. The van der Waals surface area contributed by atoms with Gasteiger partial charge in [0.05, 0.1) is 18.2 Å². The summed E-state index contributed by atoms with van der Waals surface area (Å²) in [4.78, 5) is 50.7. The number of anilines is 1. The number of aliphatic hydroxyl groups is 3. The first-order valence-corrected chi connectivity index (χ1v) is 11.7. The standard InChI is InChI=1S/C27H24N2O9/c1-38-26(36)12-4-10(6-14(28)7-12)15-2-3-17(30)20-16(15)8-11-5-13-9-18(31)21(25(29)35)24(34)27(13,37)23(33)19(11)22(20)32/h2-4,6-7,11,13,30-31,33,37H,5,8-9,28H2,1H3,(H2,29,35)/t11-,13+,27+/m1/s1. The van der Waals surface area contributed by atoms with E-state index in [2.05, 4.69) is 0 Å². The normalized spacial score (nSPS) is 24.5. The van der Waals surface area contributed by atoms with Crippen LogP contribution in [0, 0.1) is 11.8 Å². The molecule has 2 aromatic rings. The molecule has 38 heavy (non-hydrogen) atoms. The highest BCUT2D eigenvalue weighted by Crippen LogP contribution is 2.52. The Kier molecular flexibility index (Phi) is 5.57. The zero-order valence-corrected chi connectivity index (χ0v) is 20.1. The Bertz CT molecular complexity index is 1540. The van der Waals surface area contributed by atoms with Gasteiger partial charge in [-0.2, -0.15) is 0 Å². The number of allylic oxidation sites excluding steroid dienone is 2. The number of aliphatic hydroxyl groups excluding tert-OH is 2. The third-order valence-corrected chi connectivity index (χ3v) is 7.63. The number of esters is 1. The lowest BCUT2D eigenvalue weighted by Gasteiger charge is -2.45. The highest BCUT2D eigenvalue weighted by molar-refractivity contribution is 6.24. The number of phenolic OH excluding ortho intramolecular Hbond substituents is 1. The average molecular weight is 520 g/mol. The molecule has 8 N–H and O–H groups in total. The molecule has 1 amide bonds. The van der Waals surface area contributed by atoms with Crippen LogP contribution >= 0.6 is 0 Å². The van der Waals surface area contributed by atoms with Gasteiger partial charge in [0, 0.05) is 23.6 Å². The molecule has 0 spiro atoms. The van der Waals surface area contributed by atoms with Crippen LogP contribution in [-0.4, -0.2) is 56.6 Å². The summed E-state index contributed by atoms with van der Waals surface area (Å²) in [5.74, 6) is -7.61.